The highest BCUT2D eigenvalue weighted by Gasteiger charge is 2.40. The van der Waals surface area contributed by atoms with Crippen molar-refractivity contribution < 1.29 is 38.2 Å². The van der Waals surface area contributed by atoms with Crippen molar-refractivity contribution >= 4 is 40.6 Å². The van der Waals surface area contributed by atoms with Crippen LogP contribution in [0.2, 0.25) is 0 Å². The molecule has 1 fully saturated rings. The molecule has 2 aromatic rings. The molecule has 11 heteroatoms. The maximum Gasteiger partial charge on any atom is 0.331 e. The molecule has 4 rings (SSSR count). The fraction of sp³-hybridized carbons (Fsp3) is 0.393. The lowest BCUT2D eigenvalue weighted by molar-refractivity contribution is -0.141. The Hall–Kier alpha value is -3.86. The molecule has 10 nitrogen and oxygen atoms in total. The molecule has 1 N–H and O–H groups in total. The first-order valence-electron chi connectivity index (χ1n) is 12.4. The van der Waals surface area contributed by atoms with Crippen molar-refractivity contribution in [2.24, 2.45) is 5.16 Å². The van der Waals surface area contributed by atoms with Crippen LogP contribution in [-0.4, -0.2) is 46.3 Å². The maximum absolute atomic E-state index is 11.8. The summed E-state index contributed by atoms with van der Waals surface area (Å²) in [6.45, 7) is 10.2. The van der Waals surface area contributed by atoms with E-state index in [1.54, 1.807) is 19.1 Å². The summed E-state index contributed by atoms with van der Waals surface area (Å²) < 4.78 is 18.1. The predicted octanol–water partition coefficient (Wildman–Crippen LogP) is 4.32. The Bertz CT molecular complexity index is 1390. The van der Waals surface area contributed by atoms with Crippen molar-refractivity contribution in [3.63, 3.8) is 0 Å². The first kappa shape index (κ1) is 28.2. The van der Waals surface area contributed by atoms with Crippen molar-refractivity contribution in [1.82, 2.24) is 5.32 Å². The predicted molar refractivity (Wildman–Crippen MR) is 144 cm³/mol. The van der Waals surface area contributed by atoms with Crippen LogP contribution < -0.4 is 19.5 Å². The van der Waals surface area contributed by atoms with Gasteiger partial charge in [0, 0.05) is 31.4 Å². The van der Waals surface area contributed by atoms with Crippen LogP contribution in [0.15, 0.2) is 29.4 Å². The van der Waals surface area contributed by atoms with Crippen LogP contribution in [0.5, 0.6) is 17.2 Å². The summed E-state index contributed by atoms with van der Waals surface area (Å²) in [7, 11) is 0. The molecule has 39 heavy (non-hydrogen) atoms. The van der Waals surface area contributed by atoms with Crippen LogP contribution in [0, 0.1) is 20.8 Å². The molecule has 2 aromatic carbocycles. The monoisotopic (exact) mass is 554 g/mol. The third-order valence-electron chi connectivity index (χ3n) is 6.55. The van der Waals surface area contributed by atoms with Crippen molar-refractivity contribution in [2.75, 3.05) is 6.61 Å². The molecule has 0 saturated carbocycles. The number of hydrogen-bond acceptors (Lipinski definition) is 10. The SMILES string of the molecule is CC(=O)O/N=C1\CC(C)(COc2ccc(CC3SC(=O)NC3=O)cc2)Oc2c(C)c(C)c(OC(C)=O)c(C)c21. The van der Waals surface area contributed by atoms with Gasteiger partial charge in [-0.05, 0) is 62.9 Å². The number of carbonyl (C=O) groups is 4. The summed E-state index contributed by atoms with van der Waals surface area (Å²) in [5.74, 6) is 0.297. The maximum atomic E-state index is 11.8. The average Bonchev–Trinajstić information content (AvgIpc) is 3.19. The van der Waals surface area contributed by atoms with Crippen molar-refractivity contribution in [3.8, 4) is 17.2 Å². The Kier molecular flexibility index (Phi) is 8.01. The van der Waals surface area contributed by atoms with E-state index in [1.165, 1.54) is 13.8 Å². The summed E-state index contributed by atoms with van der Waals surface area (Å²) >= 11 is 0.994. The van der Waals surface area contributed by atoms with Gasteiger partial charge in [-0.1, -0.05) is 29.1 Å². The van der Waals surface area contributed by atoms with Gasteiger partial charge in [-0.2, -0.15) is 0 Å². The number of ether oxygens (including phenoxy) is 3. The van der Waals surface area contributed by atoms with E-state index in [2.05, 4.69) is 10.5 Å². The van der Waals surface area contributed by atoms with Crippen molar-refractivity contribution in [3.05, 3.63) is 52.1 Å². The first-order valence-corrected chi connectivity index (χ1v) is 13.2. The molecule has 0 radical (unpaired) electrons. The largest absolute Gasteiger partial charge is 0.489 e. The quantitative estimate of drug-likeness (QED) is 0.230. The highest BCUT2D eigenvalue weighted by atomic mass is 32.2. The molecule has 2 heterocycles. The van der Waals surface area contributed by atoms with Gasteiger partial charge in [0.05, 0.1) is 11.0 Å². The van der Waals surface area contributed by atoms with Gasteiger partial charge in [0.25, 0.3) is 5.24 Å². The Morgan fingerprint density at radius 1 is 1.08 bits per heavy atom. The molecule has 2 aliphatic rings. The number of hydrogen-bond donors (Lipinski definition) is 1. The molecule has 0 bridgehead atoms. The minimum atomic E-state index is -0.865. The summed E-state index contributed by atoms with van der Waals surface area (Å²) in [4.78, 5) is 51.6. The molecule has 0 aliphatic carbocycles. The van der Waals surface area contributed by atoms with E-state index in [-0.39, 0.29) is 24.2 Å². The van der Waals surface area contributed by atoms with Gasteiger partial charge < -0.3 is 19.0 Å². The Morgan fingerprint density at radius 2 is 1.77 bits per heavy atom. The number of amides is 2. The van der Waals surface area contributed by atoms with Crippen LogP contribution in [0.1, 0.15) is 55.0 Å². The average molecular weight is 555 g/mol. The van der Waals surface area contributed by atoms with E-state index in [4.69, 9.17) is 19.0 Å². The number of thioether (sulfide) groups is 1. The van der Waals surface area contributed by atoms with Crippen LogP contribution >= 0.6 is 11.8 Å². The topological polar surface area (TPSA) is 130 Å². The third kappa shape index (κ3) is 6.25. The Balaban J connectivity index is 1.56. The number of nitrogens with one attached hydrogen (secondary N) is 1. The number of benzene rings is 2. The number of rotatable bonds is 7. The van der Waals surface area contributed by atoms with Gasteiger partial charge in [0.15, 0.2) is 0 Å². The zero-order valence-electron chi connectivity index (χ0n) is 22.6. The van der Waals surface area contributed by atoms with Gasteiger partial charge in [-0.15, -0.1) is 0 Å². The fourth-order valence-electron chi connectivity index (χ4n) is 4.57. The summed E-state index contributed by atoms with van der Waals surface area (Å²) in [6, 6.07) is 7.31. The lowest BCUT2D eigenvalue weighted by atomic mass is 9.86. The standard InChI is InChI=1S/C28H30N2O8S/c1-14-15(2)25-23(16(3)24(14)36-17(4)31)21(30-38-18(5)32)12-28(6,37-25)13-35-20-9-7-19(8-10-20)11-22-26(33)29-27(34)39-22/h7-10,22H,11-13H2,1-6H3,(H,29,33,34)/b30-21+. The van der Waals surface area contributed by atoms with E-state index in [0.717, 1.165) is 28.5 Å². The Morgan fingerprint density at radius 3 is 2.36 bits per heavy atom. The molecular weight excluding hydrogens is 524 g/mol. The van der Waals surface area contributed by atoms with E-state index in [1.807, 2.05) is 32.9 Å². The second-order valence-corrected chi connectivity index (χ2v) is 11.0. The summed E-state index contributed by atoms with van der Waals surface area (Å²) in [5, 5.41) is 5.66. The fourth-order valence-corrected chi connectivity index (χ4v) is 5.43. The molecular formula is C28H30N2O8S. The second-order valence-electron chi connectivity index (χ2n) is 9.87. The smallest absolute Gasteiger partial charge is 0.331 e. The molecule has 0 aromatic heterocycles. The van der Waals surface area contributed by atoms with Crippen molar-refractivity contribution in [2.45, 2.75) is 65.2 Å². The van der Waals surface area contributed by atoms with Gasteiger partial charge in [0.1, 0.15) is 29.5 Å². The van der Waals surface area contributed by atoms with Gasteiger partial charge in [-0.3, -0.25) is 19.7 Å². The number of carbonyl (C=O) groups excluding carboxylic acids is 4. The Labute approximate surface area is 230 Å². The van der Waals surface area contributed by atoms with E-state index in [0.29, 0.717) is 40.5 Å². The highest BCUT2D eigenvalue weighted by molar-refractivity contribution is 8.15. The van der Waals surface area contributed by atoms with Gasteiger partial charge >= 0.3 is 11.9 Å². The number of esters is 1. The molecule has 206 valence electrons. The molecule has 2 aliphatic heterocycles. The van der Waals surface area contributed by atoms with Crippen LogP contribution in [-0.2, 0) is 25.6 Å². The first-order chi connectivity index (χ1) is 18.4. The number of oxime groups is 1. The van der Waals surface area contributed by atoms with Gasteiger partial charge in [0.2, 0.25) is 5.91 Å². The lowest BCUT2D eigenvalue weighted by Crippen LogP contribution is -2.45. The van der Waals surface area contributed by atoms with Gasteiger partial charge in [-0.25, -0.2) is 4.79 Å². The zero-order chi connectivity index (χ0) is 28.5. The lowest BCUT2D eigenvalue weighted by Gasteiger charge is -2.38. The van der Waals surface area contributed by atoms with Crippen LogP contribution in [0.4, 0.5) is 4.79 Å². The van der Waals surface area contributed by atoms with E-state index in [9.17, 15) is 19.2 Å². The second kappa shape index (κ2) is 11.1. The van der Waals surface area contributed by atoms with E-state index >= 15 is 0 Å². The third-order valence-corrected chi connectivity index (χ3v) is 7.53. The molecule has 1 saturated heterocycles. The van der Waals surface area contributed by atoms with Crippen molar-refractivity contribution in [1.29, 1.82) is 0 Å². The number of imide groups is 1. The normalized spacial score (nSPS) is 21.2. The molecule has 2 atom stereocenters. The summed E-state index contributed by atoms with van der Waals surface area (Å²) in [6.07, 6.45) is 0.694. The molecule has 0 spiro atoms. The number of fused-ring (bicyclic) bond motifs is 1. The highest BCUT2D eigenvalue weighted by Crippen LogP contribution is 2.44. The summed E-state index contributed by atoms with van der Waals surface area (Å²) in [5.41, 5.74) is 3.31. The van der Waals surface area contributed by atoms with Crippen LogP contribution in [0.25, 0.3) is 0 Å². The minimum Gasteiger partial charge on any atom is -0.489 e. The molecule has 2 unspecified atom stereocenters. The minimum absolute atomic E-state index is 0.156. The van der Waals surface area contributed by atoms with E-state index < -0.39 is 22.8 Å². The number of nitrogens with zero attached hydrogens (tertiary/aromatic N) is 1. The zero-order valence-corrected chi connectivity index (χ0v) is 23.4. The molecule has 2 amide bonds. The van der Waals surface area contributed by atoms with Crippen LogP contribution in [0.3, 0.4) is 0 Å².